The Morgan fingerprint density at radius 3 is 2.53 bits per heavy atom. The molecule has 17 heavy (non-hydrogen) atoms. The van der Waals surface area contributed by atoms with Gasteiger partial charge in [0, 0.05) is 12.6 Å². The van der Waals surface area contributed by atoms with E-state index < -0.39 is 0 Å². The SMILES string of the molecule is CCCCCCCCNC1CCN(C)CC1C. The lowest BCUT2D eigenvalue weighted by atomic mass is 9.94. The van der Waals surface area contributed by atoms with E-state index in [0.29, 0.717) is 0 Å². The van der Waals surface area contributed by atoms with Crippen molar-refractivity contribution in [3.05, 3.63) is 0 Å². The van der Waals surface area contributed by atoms with Gasteiger partial charge in [0.15, 0.2) is 0 Å². The quantitative estimate of drug-likeness (QED) is 0.655. The van der Waals surface area contributed by atoms with E-state index >= 15 is 0 Å². The fourth-order valence-electron chi connectivity index (χ4n) is 2.85. The molecule has 1 heterocycles. The number of hydrogen-bond donors (Lipinski definition) is 1. The van der Waals surface area contributed by atoms with Gasteiger partial charge >= 0.3 is 0 Å². The molecule has 1 saturated heterocycles. The highest BCUT2D eigenvalue weighted by Gasteiger charge is 2.22. The van der Waals surface area contributed by atoms with E-state index in [1.54, 1.807) is 0 Å². The van der Waals surface area contributed by atoms with Crippen molar-refractivity contribution in [2.45, 2.75) is 64.8 Å². The first-order valence-corrected chi connectivity index (χ1v) is 7.66. The van der Waals surface area contributed by atoms with Crippen LogP contribution in [0.1, 0.15) is 58.8 Å². The number of unbranched alkanes of at least 4 members (excludes halogenated alkanes) is 5. The van der Waals surface area contributed by atoms with Gasteiger partial charge in [-0.25, -0.2) is 0 Å². The summed E-state index contributed by atoms with van der Waals surface area (Å²) in [6.07, 6.45) is 9.73. The van der Waals surface area contributed by atoms with Gasteiger partial charge in [-0.1, -0.05) is 46.0 Å². The molecule has 0 aromatic rings. The molecular formula is C15H32N2. The van der Waals surface area contributed by atoms with Crippen LogP contribution in [0, 0.1) is 5.92 Å². The van der Waals surface area contributed by atoms with Crippen molar-refractivity contribution < 1.29 is 0 Å². The Labute approximate surface area is 108 Å². The first-order chi connectivity index (χ1) is 8.24. The maximum Gasteiger partial charge on any atom is 0.0117 e. The largest absolute Gasteiger partial charge is 0.314 e. The Morgan fingerprint density at radius 2 is 1.82 bits per heavy atom. The third-order valence-electron chi connectivity index (χ3n) is 4.05. The van der Waals surface area contributed by atoms with E-state index in [0.717, 1.165) is 12.0 Å². The van der Waals surface area contributed by atoms with Crippen molar-refractivity contribution in [2.75, 3.05) is 26.7 Å². The second-order valence-corrected chi connectivity index (χ2v) is 5.86. The van der Waals surface area contributed by atoms with Crippen LogP contribution in [-0.4, -0.2) is 37.6 Å². The first-order valence-electron chi connectivity index (χ1n) is 7.66. The van der Waals surface area contributed by atoms with E-state index in [1.165, 1.54) is 64.6 Å². The summed E-state index contributed by atoms with van der Waals surface area (Å²) in [5.41, 5.74) is 0. The molecule has 0 aromatic carbocycles. The molecule has 0 aliphatic carbocycles. The Balaban J connectivity index is 1.95. The maximum atomic E-state index is 3.76. The van der Waals surface area contributed by atoms with Crippen molar-refractivity contribution in [1.29, 1.82) is 0 Å². The van der Waals surface area contributed by atoms with Crippen LogP contribution in [0.25, 0.3) is 0 Å². The van der Waals surface area contributed by atoms with Crippen molar-refractivity contribution in [1.82, 2.24) is 10.2 Å². The highest BCUT2D eigenvalue weighted by Crippen LogP contribution is 2.15. The molecule has 0 radical (unpaired) electrons. The fraction of sp³-hybridized carbons (Fsp3) is 1.00. The zero-order valence-electron chi connectivity index (χ0n) is 12.2. The van der Waals surface area contributed by atoms with Crippen molar-refractivity contribution in [2.24, 2.45) is 5.92 Å². The van der Waals surface area contributed by atoms with Gasteiger partial charge in [-0.15, -0.1) is 0 Å². The zero-order valence-corrected chi connectivity index (χ0v) is 12.2. The molecular weight excluding hydrogens is 208 g/mol. The number of nitrogens with one attached hydrogen (secondary N) is 1. The van der Waals surface area contributed by atoms with Gasteiger partial charge in [0.2, 0.25) is 0 Å². The van der Waals surface area contributed by atoms with E-state index in [9.17, 15) is 0 Å². The lowest BCUT2D eigenvalue weighted by Crippen LogP contribution is -2.47. The van der Waals surface area contributed by atoms with Crippen LogP contribution in [0.15, 0.2) is 0 Å². The summed E-state index contributed by atoms with van der Waals surface area (Å²) in [6.45, 7) is 8.41. The topological polar surface area (TPSA) is 15.3 Å². The zero-order chi connectivity index (χ0) is 12.5. The van der Waals surface area contributed by atoms with E-state index in [2.05, 4.69) is 31.1 Å². The molecule has 2 nitrogen and oxygen atoms in total. The minimum atomic E-state index is 0.766. The van der Waals surface area contributed by atoms with Gasteiger partial charge in [-0.2, -0.15) is 0 Å². The average molecular weight is 240 g/mol. The van der Waals surface area contributed by atoms with Crippen LogP contribution in [0.4, 0.5) is 0 Å². The van der Waals surface area contributed by atoms with Crippen LogP contribution in [0.3, 0.4) is 0 Å². The molecule has 0 amide bonds. The van der Waals surface area contributed by atoms with Gasteiger partial charge in [0.1, 0.15) is 0 Å². The smallest absolute Gasteiger partial charge is 0.0117 e. The molecule has 1 fully saturated rings. The van der Waals surface area contributed by atoms with Gasteiger partial charge in [-0.3, -0.25) is 0 Å². The van der Waals surface area contributed by atoms with Crippen molar-refractivity contribution in [3.63, 3.8) is 0 Å². The molecule has 1 rings (SSSR count). The minimum Gasteiger partial charge on any atom is -0.314 e. The third-order valence-corrected chi connectivity index (χ3v) is 4.05. The van der Waals surface area contributed by atoms with Gasteiger partial charge in [-0.05, 0) is 38.9 Å². The number of nitrogens with zero attached hydrogens (tertiary/aromatic N) is 1. The summed E-state index contributed by atoms with van der Waals surface area (Å²) in [5.74, 6) is 0.814. The summed E-state index contributed by atoms with van der Waals surface area (Å²) >= 11 is 0. The second-order valence-electron chi connectivity index (χ2n) is 5.86. The van der Waals surface area contributed by atoms with E-state index in [4.69, 9.17) is 0 Å². The van der Waals surface area contributed by atoms with E-state index in [-0.39, 0.29) is 0 Å². The number of piperidine rings is 1. The highest BCUT2D eigenvalue weighted by molar-refractivity contribution is 4.81. The maximum absolute atomic E-state index is 3.76. The third kappa shape index (κ3) is 6.42. The molecule has 0 spiro atoms. The van der Waals surface area contributed by atoms with Crippen molar-refractivity contribution in [3.8, 4) is 0 Å². The normalized spacial score (nSPS) is 26.3. The first kappa shape index (κ1) is 15.0. The molecule has 0 bridgehead atoms. The molecule has 2 atom stereocenters. The minimum absolute atomic E-state index is 0.766. The molecule has 102 valence electrons. The molecule has 1 aliphatic heterocycles. The standard InChI is InChI=1S/C15H32N2/c1-4-5-6-7-8-9-11-16-15-10-12-17(3)13-14(15)2/h14-16H,4-13H2,1-3H3. The summed E-state index contributed by atoms with van der Waals surface area (Å²) in [4.78, 5) is 2.45. The number of likely N-dealkylation sites (tertiary alicyclic amines) is 1. The second kappa shape index (κ2) is 8.93. The van der Waals surface area contributed by atoms with Gasteiger partial charge in [0.05, 0.1) is 0 Å². The summed E-state index contributed by atoms with van der Waals surface area (Å²) in [7, 11) is 2.24. The van der Waals surface area contributed by atoms with E-state index in [1.807, 2.05) is 0 Å². The van der Waals surface area contributed by atoms with Crippen LogP contribution in [0.5, 0.6) is 0 Å². The fourth-order valence-corrected chi connectivity index (χ4v) is 2.85. The molecule has 2 heteroatoms. The molecule has 1 aliphatic rings. The van der Waals surface area contributed by atoms with Crippen LogP contribution >= 0.6 is 0 Å². The summed E-state index contributed by atoms with van der Waals surface area (Å²) in [6, 6.07) is 0.766. The summed E-state index contributed by atoms with van der Waals surface area (Å²) in [5, 5.41) is 3.76. The predicted octanol–water partition coefficient (Wildman–Crippen LogP) is 3.28. The molecule has 0 aromatic heterocycles. The average Bonchev–Trinajstić information content (AvgIpc) is 2.30. The molecule has 1 N–H and O–H groups in total. The van der Waals surface area contributed by atoms with Crippen LogP contribution < -0.4 is 5.32 Å². The van der Waals surface area contributed by atoms with Gasteiger partial charge < -0.3 is 10.2 Å². The van der Waals surface area contributed by atoms with Crippen LogP contribution in [-0.2, 0) is 0 Å². The number of rotatable bonds is 8. The monoisotopic (exact) mass is 240 g/mol. The Hall–Kier alpha value is -0.0800. The summed E-state index contributed by atoms with van der Waals surface area (Å²) < 4.78 is 0. The lowest BCUT2D eigenvalue weighted by Gasteiger charge is -2.35. The van der Waals surface area contributed by atoms with Crippen molar-refractivity contribution >= 4 is 0 Å². The Morgan fingerprint density at radius 1 is 1.12 bits per heavy atom. The number of hydrogen-bond acceptors (Lipinski definition) is 2. The highest BCUT2D eigenvalue weighted by atomic mass is 15.1. The Bertz CT molecular complexity index is 182. The Kier molecular flexibility index (Phi) is 7.87. The van der Waals surface area contributed by atoms with Crippen LogP contribution in [0.2, 0.25) is 0 Å². The lowest BCUT2D eigenvalue weighted by molar-refractivity contribution is 0.175. The predicted molar refractivity (Wildman–Crippen MR) is 76.4 cm³/mol. The molecule has 0 saturated carbocycles. The van der Waals surface area contributed by atoms with Gasteiger partial charge in [0.25, 0.3) is 0 Å². The molecule has 2 unspecified atom stereocenters.